The molecule has 1 aromatic rings. The Balaban J connectivity index is 0.00000169. The Bertz CT molecular complexity index is 345. The number of nitro groups is 1. The largest absolute Gasteiger partial charge is 0.412 e. The molecular formula is C8H10N2O4. The second-order valence-electron chi connectivity index (χ2n) is 2.49. The van der Waals surface area contributed by atoms with Gasteiger partial charge in [0.25, 0.3) is 5.69 Å². The Hall–Kier alpha value is -1.95. The molecule has 0 bridgehead atoms. The van der Waals surface area contributed by atoms with Crippen LogP contribution < -0.4 is 0 Å². The predicted octanol–water partition coefficient (Wildman–Crippen LogP) is 0.968. The number of benzene rings is 1. The number of nitrogens with zero attached hydrogens (tertiary/aromatic N) is 2. The first kappa shape index (κ1) is 12.0. The first-order chi connectivity index (χ1) is 6.15. The van der Waals surface area contributed by atoms with E-state index in [1.54, 1.807) is 6.92 Å². The van der Waals surface area contributed by atoms with Crippen molar-refractivity contribution in [1.29, 1.82) is 0 Å². The smallest absolute Gasteiger partial charge is 0.269 e. The lowest BCUT2D eigenvalue weighted by Gasteiger charge is -1.96. The van der Waals surface area contributed by atoms with Crippen molar-refractivity contribution >= 4 is 11.4 Å². The molecule has 14 heavy (non-hydrogen) atoms. The van der Waals surface area contributed by atoms with Crippen molar-refractivity contribution in [2.45, 2.75) is 6.92 Å². The van der Waals surface area contributed by atoms with Crippen LogP contribution in [-0.2, 0) is 0 Å². The molecule has 0 atom stereocenters. The molecule has 0 aliphatic rings. The second kappa shape index (κ2) is 4.93. The van der Waals surface area contributed by atoms with Crippen LogP contribution in [0.15, 0.2) is 29.4 Å². The van der Waals surface area contributed by atoms with Crippen LogP contribution >= 0.6 is 0 Å². The Labute approximate surface area is 79.9 Å². The van der Waals surface area contributed by atoms with Gasteiger partial charge in [-0.25, -0.2) is 0 Å². The minimum Gasteiger partial charge on any atom is -0.412 e. The van der Waals surface area contributed by atoms with Gasteiger partial charge in [0.2, 0.25) is 0 Å². The summed E-state index contributed by atoms with van der Waals surface area (Å²) in [6.07, 6.45) is 0. The molecule has 6 nitrogen and oxygen atoms in total. The van der Waals surface area contributed by atoms with E-state index in [1.165, 1.54) is 24.3 Å². The van der Waals surface area contributed by atoms with Crippen molar-refractivity contribution in [1.82, 2.24) is 0 Å². The number of hydrogen-bond acceptors (Lipinski definition) is 4. The molecule has 0 saturated heterocycles. The molecule has 1 rings (SSSR count). The van der Waals surface area contributed by atoms with E-state index in [4.69, 9.17) is 5.21 Å². The summed E-state index contributed by atoms with van der Waals surface area (Å²) >= 11 is 0. The number of non-ortho nitro benzene ring substituents is 1. The lowest BCUT2D eigenvalue weighted by Crippen LogP contribution is -1.94. The highest BCUT2D eigenvalue weighted by Crippen LogP contribution is 2.12. The Morgan fingerprint density at radius 3 is 2.29 bits per heavy atom. The van der Waals surface area contributed by atoms with Crippen LogP contribution in [0.25, 0.3) is 0 Å². The third-order valence-electron chi connectivity index (χ3n) is 1.65. The highest BCUT2D eigenvalue weighted by molar-refractivity contribution is 5.98. The summed E-state index contributed by atoms with van der Waals surface area (Å²) in [5, 5.41) is 21.7. The molecule has 76 valence electrons. The van der Waals surface area contributed by atoms with Gasteiger partial charge in [0, 0.05) is 12.1 Å². The zero-order valence-corrected chi connectivity index (χ0v) is 7.47. The molecule has 1 aromatic carbocycles. The lowest BCUT2D eigenvalue weighted by molar-refractivity contribution is -0.384. The average Bonchev–Trinajstić information content (AvgIpc) is 2.17. The summed E-state index contributed by atoms with van der Waals surface area (Å²) in [6, 6.07) is 5.80. The summed E-state index contributed by atoms with van der Waals surface area (Å²) < 4.78 is 0. The topological polar surface area (TPSA) is 107 Å². The number of oxime groups is 1. The third-order valence-corrected chi connectivity index (χ3v) is 1.65. The van der Waals surface area contributed by atoms with Gasteiger partial charge in [0.15, 0.2) is 0 Å². The third kappa shape index (κ3) is 2.53. The zero-order valence-electron chi connectivity index (χ0n) is 7.47. The molecule has 3 N–H and O–H groups in total. The Kier molecular flexibility index (Phi) is 4.24. The van der Waals surface area contributed by atoms with Gasteiger partial charge in [-0.3, -0.25) is 10.1 Å². The number of rotatable bonds is 2. The fraction of sp³-hybridized carbons (Fsp3) is 0.125. The molecule has 0 aromatic heterocycles. The maximum absolute atomic E-state index is 10.3. The van der Waals surface area contributed by atoms with Gasteiger partial charge < -0.3 is 10.7 Å². The average molecular weight is 198 g/mol. The molecule has 0 saturated carbocycles. The van der Waals surface area contributed by atoms with Crippen molar-refractivity contribution in [3.8, 4) is 0 Å². The Morgan fingerprint density at radius 1 is 1.43 bits per heavy atom. The highest BCUT2D eigenvalue weighted by atomic mass is 16.6. The summed E-state index contributed by atoms with van der Waals surface area (Å²) in [6.45, 7) is 1.61. The maximum Gasteiger partial charge on any atom is 0.269 e. The van der Waals surface area contributed by atoms with E-state index < -0.39 is 4.92 Å². The molecule has 0 aliphatic heterocycles. The summed E-state index contributed by atoms with van der Waals surface area (Å²) in [4.78, 5) is 9.80. The van der Waals surface area contributed by atoms with E-state index in [0.717, 1.165) is 0 Å². The van der Waals surface area contributed by atoms with Crippen molar-refractivity contribution in [2.75, 3.05) is 0 Å². The van der Waals surface area contributed by atoms with Gasteiger partial charge in [-0.2, -0.15) is 0 Å². The summed E-state index contributed by atoms with van der Waals surface area (Å²) in [5.41, 5.74) is 1.11. The molecule has 0 heterocycles. The highest BCUT2D eigenvalue weighted by Gasteiger charge is 2.04. The van der Waals surface area contributed by atoms with E-state index >= 15 is 0 Å². The van der Waals surface area contributed by atoms with Crippen LogP contribution in [0.4, 0.5) is 5.69 Å². The van der Waals surface area contributed by atoms with Gasteiger partial charge in [-0.15, -0.1) is 0 Å². The fourth-order valence-electron chi connectivity index (χ4n) is 0.882. The molecule has 0 aliphatic carbocycles. The SMILES string of the molecule is C/C(=N/O)c1ccc([N+](=O)[O-])cc1.O. The molecule has 0 spiro atoms. The van der Waals surface area contributed by atoms with Crippen LogP contribution in [0.5, 0.6) is 0 Å². The minimum absolute atomic E-state index is 0. The molecule has 6 heteroatoms. The fourth-order valence-corrected chi connectivity index (χ4v) is 0.882. The van der Waals surface area contributed by atoms with Crippen LogP contribution in [0.2, 0.25) is 0 Å². The normalized spacial score (nSPS) is 10.5. The molecule has 0 amide bonds. The second-order valence-corrected chi connectivity index (χ2v) is 2.49. The monoisotopic (exact) mass is 198 g/mol. The van der Waals surface area contributed by atoms with E-state index in [0.29, 0.717) is 11.3 Å². The van der Waals surface area contributed by atoms with Gasteiger partial charge >= 0.3 is 0 Å². The minimum atomic E-state index is -0.477. The quantitative estimate of drug-likeness (QED) is 0.331. The van der Waals surface area contributed by atoms with Gasteiger partial charge in [-0.1, -0.05) is 5.16 Å². The first-order valence-electron chi connectivity index (χ1n) is 3.58. The molecule has 0 fully saturated rings. The zero-order chi connectivity index (χ0) is 9.84. The lowest BCUT2D eigenvalue weighted by atomic mass is 10.1. The molecule has 0 unspecified atom stereocenters. The standard InChI is InChI=1S/C8H8N2O3.H2O/c1-6(9-11)7-2-4-8(5-3-7)10(12)13;/h2-5,11H,1H3;1H2/b9-6-;. The van der Waals surface area contributed by atoms with E-state index in [9.17, 15) is 10.1 Å². The van der Waals surface area contributed by atoms with Gasteiger partial charge in [0.05, 0.1) is 10.6 Å². The number of hydrogen-bond donors (Lipinski definition) is 1. The van der Waals surface area contributed by atoms with Gasteiger partial charge in [-0.05, 0) is 24.6 Å². The van der Waals surface area contributed by atoms with Crippen molar-refractivity contribution in [3.63, 3.8) is 0 Å². The Morgan fingerprint density at radius 2 is 1.93 bits per heavy atom. The van der Waals surface area contributed by atoms with Crippen LogP contribution in [0, 0.1) is 10.1 Å². The first-order valence-corrected chi connectivity index (χ1v) is 3.58. The molecular weight excluding hydrogens is 188 g/mol. The van der Waals surface area contributed by atoms with Crippen molar-refractivity contribution < 1.29 is 15.6 Å². The maximum atomic E-state index is 10.3. The van der Waals surface area contributed by atoms with E-state index in [2.05, 4.69) is 5.16 Å². The van der Waals surface area contributed by atoms with Gasteiger partial charge in [0.1, 0.15) is 0 Å². The summed E-state index contributed by atoms with van der Waals surface area (Å²) in [5.74, 6) is 0. The van der Waals surface area contributed by atoms with Crippen LogP contribution in [0.3, 0.4) is 0 Å². The number of nitro benzene ring substituents is 1. The van der Waals surface area contributed by atoms with Crippen molar-refractivity contribution in [2.24, 2.45) is 5.16 Å². The predicted molar refractivity (Wildman–Crippen MR) is 50.7 cm³/mol. The van der Waals surface area contributed by atoms with E-state index in [1.807, 2.05) is 0 Å². The van der Waals surface area contributed by atoms with Crippen LogP contribution in [0.1, 0.15) is 12.5 Å². The summed E-state index contributed by atoms with van der Waals surface area (Å²) in [7, 11) is 0. The van der Waals surface area contributed by atoms with Crippen LogP contribution in [-0.4, -0.2) is 21.3 Å². The van der Waals surface area contributed by atoms with E-state index in [-0.39, 0.29) is 11.2 Å². The molecule has 0 radical (unpaired) electrons. The van der Waals surface area contributed by atoms with Crippen molar-refractivity contribution in [3.05, 3.63) is 39.9 Å².